The number of alkyl halides is 1. The van der Waals surface area contributed by atoms with Gasteiger partial charge in [0.05, 0.1) is 32.4 Å². The maximum Gasteiger partial charge on any atom is 0.328 e. The number of esters is 1. The van der Waals surface area contributed by atoms with E-state index in [1.54, 1.807) is 19.2 Å². The maximum atomic E-state index is 12.4. The zero-order valence-corrected chi connectivity index (χ0v) is 15.7. The molecule has 25 heavy (non-hydrogen) atoms. The number of methoxy groups -OCH3 is 2. The van der Waals surface area contributed by atoms with Crippen LogP contribution >= 0.6 is 15.9 Å². The number of halogens is 1. The van der Waals surface area contributed by atoms with E-state index >= 15 is 0 Å². The van der Waals surface area contributed by atoms with Gasteiger partial charge in [0.2, 0.25) is 5.91 Å². The Hall–Kier alpha value is -2.28. The fourth-order valence-corrected chi connectivity index (χ4v) is 2.78. The summed E-state index contributed by atoms with van der Waals surface area (Å²) in [5, 5.41) is 0.101. The molecule has 2 aromatic rings. The van der Waals surface area contributed by atoms with Gasteiger partial charge in [-0.15, -0.1) is 0 Å². The molecule has 2 rings (SSSR count). The van der Waals surface area contributed by atoms with Crippen LogP contribution in [0.25, 0.3) is 0 Å². The van der Waals surface area contributed by atoms with Gasteiger partial charge in [-0.25, -0.2) is 4.79 Å². The molecule has 0 spiro atoms. The molecule has 0 radical (unpaired) electrons. The van der Waals surface area contributed by atoms with E-state index in [1.807, 2.05) is 24.3 Å². The Morgan fingerprint density at radius 1 is 1.20 bits per heavy atom. The highest BCUT2D eigenvalue weighted by molar-refractivity contribution is 9.09. The van der Waals surface area contributed by atoms with Crippen molar-refractivity contribution in [1.29, 1.82) is 0 Å². The molecule has 134 valence electrons. The second-order valence-corrected chi connectivity index (χ2v) is 5.89. The number of benzene rings is 1. The van der Waals surface area contributed by atoms with E-state index in [-0.39, 0.29) is 17.8 Å². The normalized spacial score (nSPS) is 11.6. The van der Waals surface area contributed by atoms with Crippen LogP contribution < -0.4 is 4.74 Å². The first kappa shape index (κ1) is 19.1. The second kappa shape index (κ2) is 9.27. The number of carbonyl (C=O) groups excluding carboxylic acids is 2. The van der Waals surface area contributed by atoms with E-state index in [1.165, 1.54) is 18.3 Å². The standard InChI is InChI=1S/C18H20BrNO5/c1-23-14-7-5-13(6-8-14)10-16(18(22)24-2)20(17(21)11-19)12-15-4-3-9-25-15/h3-9,16H,10-12H2,1-2H3/t16-/m1/s1. The number of hydrogen-bond acceptors (Lipinski definition) is 5. The number of furan rings is 1. The summed E-state index contributed by atoms with van der Waals surface area (Å²) in [4.78, 5) is 26.2. The summed E-state index contributed by atoms with van der Waals surface area (Å²) in [5.74, 6) is 0.622. The van der Waals surface area contributed by atoms with E-state index < -0.39 is 12.0 Å². The lowest BCUT2D eigenvalue weighted by atomic mass is 10.0. The number of rotatable bonds is 8. The predicted octanol–water partition coefficient (Wildman–Crippen LogP) is 2.80. The Morgan fingerprint density at radius 3 is 2.44 bits per heavy atom. The molecule has 6 nitrogen and oxygen atoms in total. The quantitative estimate of drug-likeness (QED) is 0.495. The minimum Gasteiger partial charge on any atom is -0.497 e. The van der Waals surface area contributed by atoms with Crippen LogP contribution in [0.4, 0.5) is 0 Å². The smallest absolute Gasteiger partial charge is 0.328 e. The van der Waals surface area contributed by atoms with Crippen LogP contribution in [-0.2, 0) is 27.3 Å². The average Bonchev–Trinajstić information content (AvgIpc) is 3.17. The van der Waals surface area contributed by atoms with Crippen molar-refractivity contribution in [2.75, 3.05) is 19.5 Å². The molecule has 0 N–H and O–H groups in total. The molecule has 0 bridgehead atoms. The van der Waals surface area contributed by atoms with Gasteiger partial charge in [0, 0.05) is 6.42 Å². The van der Waals surface area contributed by atoms with Gasteiger partial charge in [0.15, 0.2) is 0 Å². The number of carbonyl (C=O) groups is 2. The largest absolute Gasteiger partial charge is 0.497 e. The third-order valence-electron chi connectivity index (χ3n) is 3.78. The lowest BCUT2D eigenvalue weighted by Crippen LogP contribution is -2.47. The van der Waals surface area contributed by atoms with E-state index in [0.717, 1.165) is 11.3 Å². The fraction of sp³-hybridized carbons (Fsp3) is 0.333. The first-order valence-electron chi connectivity index (χ1n) is 7.67. The first-order valence-corrected chi connectivity index (χ1v) is 8.79. The van der Waals surface area contributed by atoms with Crippen LogP contribution in [0, 0.1) is 0 Å². The molecule has 0 saturated heterocycles. The lowest BCUT2D eigenvalue weighted by Gasteiger charge is -2.29. The highest BCUT2D eigenvalue weighted by atomic mass is 79.9. The van der Waals surface area contributed by atoms with Crippen molar-refractivity contribution in [3.05, 3.63) is 54.0 Å². The molecule has 0 aliphatic rings. The highest BCUT2D eigenvalue weighted by Gasteiger charge is 2.31. The number of nitrogens with zero attached hydrogens (tertiary/aromatic N) is 1. The summed E-state index contributed by atoms with van der Waals surface area (Å²) in [6.07, 6.45) is 1.86. The van der Waals surface area contributed by atoms with Gasteiger partial charge in [-0.2, -0.15) is 0 Å². The van der Waals surface area contributed by atoms with Crippen LogP contribution in [0.5, 0.6) is 5.75 Å². The molecule has 1 atom stereocenters. The molecular weight excluding hydrogens is 390 g/mol. The number of amides is 1. The molecule has 0 saturated carbocycles. The highest BCUT2D eigenvalue weighted by Crippen LogP contribution is 2.18. The van der Waals surface area contributed by atoms with Crippen molar-refractivity contribution >= 4 is 27.8 Å². The number of ether oxygens (including phenoxy) is 2. The Morgan fingerprint density at radius 2 is 1.92 bits per heavy atom. The topological polar surface area (TPSA) is 69.0 Å². The van der Waals surface area contributed by atoms with Gasteiger partial charge < -0.3 is 18.8 Å². The van der Waals surface area contributed by atoms with Crippen LogP contribution in [0.1, 0.15) is 11.3 Å². The molecular formula is C18H20BrNO5. The van der Waals surface area contributed by atoms with Crippen LogP contribution in [0.2, 0.25) is 0 Å². The predicted molar refractivity (Wildman–Crippen MR) is 95.6 cm³/mol. The molecule has 0 unspecified atom stereocenters. The van der Waals surface area contributed by atoms with Crippen molar-refractivity contribution in [2.24, 2.45) is 0 Å². The minimum absolute atomic E-state index is 0.101. The van der Waals surface area contributed by atoms with Gasteiger partial charge in [-0.1, -0.05) is 28.1 Å². The summed E-state index contributed by atoms with van der Waals surface area (Å²) in [6.45, 7) is 0.188. The van der Waals surface area contributed by atoms with Crippen molar-refractivity contribution < 1.29 is 23.5 Å². The fourth-order valence-electron chi connectivity index (χ4n) is 2.46. The van der Waals surface area contributed by atoms with Crippen molar-refractivity contribution in [1.82, 2.24) is 4.90 Å². The van der Waals surface area contributed by atoms with Crippen LogP contribution in [0.3, 0.4) is 0 Å². The second-order valence-electron chi connectivity index (χ2n) is 5.33. The molecule has 0 aliphatic carbocycles. The molecule has 0 aliphatic heterocycles. The zero-order valence-electron chi connectivity index (χ0n) is 14.1. The lowest BCUT2D eigenvalue weighted by molar-refractivity contribution is -0.152. The number of hydrogen-bond donors (Lipinski definition) is 0. The Labute approximate surface area is 154 Å². The van der Waals surface area contributed by atoms with Crippen LogP contribution in [-0.4, -0.2) is 42.4 Å². The monoisotopic (exact) mass is 409 g/mol. The van der Waals surface area contributed by atoms with Gasteiger partial charge in [0.1, 0.15) is 17.6 Å². The zero-order chi connectivity index (χ0) is 18.2. The van der Waals surface area contributed by atoms with Crippen molar-refractivity contribution in [2.45, 2.75) is 19.0 Å². The van der Waals surface area contributed by atoms with Crippen molar-refractivity contribution in [3.8, 4) is 5.75 Å². The summed E-state index contributed by atoms with van der Waals surface area (Å²) >= 11 is 3.17. The summed E-state index contributed by atoms with van der Waals surface area (Å²) in [6, 6.07) is 10.1. The molecule has 1 aromatic heterocycles. The summed E-state index contributed by atoms with van der Waals surface area (Å²) < 4.78 is 15.4. The third kappa shape index (κ3) is 5.09. The SMILES string of the molecule is COC(=O)[C@@H](Cc1ccc(OC)cc1)N(Cc1ccco1)C(=O)CBr. The van der Waals surface area contributed by atoms with Gasteiger partial charge in [-0.05, 0) is 29.8 Å². The molecule has 1 heterocycles. The summed E-state index contributed by atoms with van der Waals surface area (Å²) in [7, 11) is 2.90. The van der Waals surface area contributed by atoms with E-state index in [2.05, 4.69) is 15.9 Å². The summed E-state index contributed by atoms with van der Waals surface area (Å²) in [5.41, 5.74) is 0.892. The van der Waals surface area contributed by atoms with Gasteiger partial charge in [0.25, 0.3) is 0 Å². The Balaban J connectivity index is 2.27. The minimum atomic E-state index is -0.756. The molecule has 7 heteroatoms. The third-order valence-corrected chi connectivity index (χ3v) is 4.26. The van der Waals surface area contributed by atoms with E-state index in [0.29, 0.717) is 12.2 Å². The molecule has 1 aromatic carbocycles. The maximum absolute atomic E-state index is 12.4. The first-order chi connectivity index (χ1) is 12.1. The van der Waals surface area contributed by atoms with Crippen molar-refractivity contribution in [3.63, 3.8) is 0 Å². The van der Waals surface area contributed by atoms with Crippen LogP contribution in [0.15, 0.2) is 47.1 Å². The average molecular weight is 410 g/mol. The van der Waals surface area contributed by atoms with Gasteiger partial charge in [-0.3, -0.25) is 4.79 Å². The molecule has 1 amide bonds. The Bertz CT molecular complexity index is 684. The van der Waals surface area contributed by atoms with Gasteiger partial charge >= 0.3 is 5.97 Å². The van der Waals surface area contributed by atoms with E-state index in [4.69, 9.17) is 13.9 Å². The van der Waals surface area contributed by atoms with E-state index in [9.17, 15) is 9.59 Å². The Kier molecular flexibility index (Phi) is 7.06. The molecule has 0 fully saturated rings.